The summed E-state index contributed by atoms with van der Waals surface area (Å²) in [6, 6.07) is 14.5. The van der Waals surface area contributed by atoms with Gasteiger partial charge in [0.1, 0.15) is 0 Å². The van der Waals surface area contributed by atoms with Gasteiger partial charge >= 0.3 is 0 Å². The van der Waals surface area contributed by atoms with Gasteiger partial charge < -0.3 is 4.57 Å². The van der Waals surface area contributed by atoms with Crippen molar-refractivity contribution in [3.63, 3.8) is 0 Å². The Kier molecular flexibility index (Phi) is 3.28. The Labute approximate surface area is 133 Å². The summed E-state index contributed by atoms with van der Waals surface area (Å²) in [5.74, 6) is 0. The van der Waals surface area contributed by atoms with Crippen molar-refractivity contribution < 1.29 is 0 Å². The topological polar surface area (TPSA) is 30.2 Å². The Morgan fingerprint density at radius 1 is 1.09 bits per heavy atom. The minimum absolute atomic E-state index is 0.0621. The lowest BCUT2D eigenvalue weighted by atomic mass is 9.96. The van der Waals surface area contributed by atoms with E-state index in [1.807, 2.05) is 36.9 Å². The molecule has 22 heavy (non-hydrogen) atoms. The molecule has 4 rings (SSSR count). The molecule has 1 aliphatic rings. The summed E-state index contributed by atoms with van der Waals surface area (Å²) in [5, 5.41) is 0.743. The molecule has 4 heteroatoms. The van der Waals surface area contributed by atoms with Crippen molar-refractivity contribution in [2.75, 3.05) is 0 Å². The van der Waals surface area contributed by atoms with Gasteiger partial charge in [-0.2, -0.15) is 0 Å². The Hall–Kier alpha value is -2.39. The van der Waals surface area contributed by atoms with E-state index in [0.717, 1.165) is 22.7 Å². The highest BCUT2D eigenvalue weighted by Crippen LogP contribution is 2.32. The number of benzene rings is 2. The van der Waals surface area contributed by atoms with Crippen LogP contribution >= 0.6 is 11.6 Å². The van der Waals surface area contributed by atoms with Gasteiger partial charge in [0, 0.05) is 30.1 Å². The van der Waals surface area contributed by atoms with Crippen LogP contribution in [-0.2, 0) is 6.42 Å². The van der Waals surface area contributed by atoms with Crippen molar-refractivity contribution in [2.24, 2.45) is 4.99 Å². The second-order valence-electron chi connectivity index (χ2n) is 5.37. The van der Waals surface area contributed by atoms with Gasteiger partial charge in [-0.1, -0.05) is 35.9 Å². The average molecular weight is 308 g/mol. The third-order valence-electron chi connectivity index (χ3n) is 3.95. The Bertz CT molecular complexity index is 837. The maximum atomic E-state index is 6.19. The zero-order chi connectivity index (χ0) is 14.9. The summed E-state index contributed by atoms with van der Waals surface area (Å²) in [5.41, 5.74) is 4.69. The van der Waals surface area contributed by atoms with Crippen molar-refractivity contribution in [3.05, 3.63) is 82.9 Å². The van der Waals surface area contributed by atoms with E-state index < -0.39 is 0 Å². The summed E-state index contributed by atoms with van der Waals surface area (Å²) >= 11 is 6.19. The highest BCUT2D eigenvalue weighted by atomic mass is 35.5. The molecule has 0 saturated carbocycles. The minimum Gasteiger partial charge on any atom is -0.326 e. The smallest absolute Gasteiger partial charge is 0.0954 e. The SMILES string of the molecule is Clc1cccc(C(c2ccc3c(c2)CC=N3)n2ccnc2)c1. The largest absolute Gasteiger partial charge is 0.326 e. The molecule has 1 aromatic heterocycles. The molecule has 3 aromatic rings. The number of halogens is 1. The third kappa shape index (κ3) is 2.34. The van der Waals surface area contributed by atoms with E-state index >= 15 is 0 Å². The number of aromatic nitrogens is 2. The number of aliphatic imine (C=N–C) groups is 1. The molecule has 0 fully saturated rings. The average Bonchev–Trinajstić information content (AvgIpc) is 3.18. The number of rotatable bonds is 3. The molecule has 0 aliphatic carbocycles. The van der Waals surface area contributed by atoms with E-state index in [0.29, 0.717) is 0 Å². The molecule has 108 valence electrons. The zero-order valence-corrected chi connectivity index (χ0v) is 12.6. The molecule has 0 saturated heterocycles. The predicted octanol–water partition coefficient (Wildman–Crippen LogP) is 4.43. The molecule has 0 bridgehead atoms. The lowest BCUT2D eigenvalue weighted by Gasteiger charge is -2.20. The first kappa shape index (κ1) is 13.3. The molecular weight excluding hydrogens is 294 g/mol. The van der Waals surface area contributed by atoms with Gasteiger partial charge in [-0.05, 0) is 34.9 Å². The van der Waals surface area contributed by atoms with Crippen molar-refractivity contribution in [3.8, 4) is 0 Å². The summed E-state index contributed by atoms with van der Waals surface area (Å²) in [4.78, 5) is 8.58. The molecule has 0 radical (unpaired) electrons. The molecule has 3 nitrogen and oxygen atoms in total. The van der Waals surface area contributed by atoms with Crippen LogP contribution in [-0.4, -0.2) is 15.8 Å². The highest BCUT2D eigenvalue weighted by molar-refractivity contribution is 6.30. The Balaban J connectivity index is 1.85. The van der Waals surface area contributed by atoms with E-state index in [4.69, 9.17) is 11.6 Å². The normalized spacial score (nSPS) is 14.0. The maximum absolute atomic E-state index is 6.19. The highest BCUT2D eigenvalue weighted by Gasteiger charge is 2.18. The second-order valence-corrected chi connectivity index (χ2v) is 5.81. The first-order valence-electron chi connectivity index (χ1n) is 7.19. The fourth-order valence-corrected chi connectivity index (χ4v) is 3.14. The van der Waals surface area contributed by atoms with E-state index in [2.05, 4.69) is 38.8 Å². The van der Waals surface area contributed by atoms with Crippen LogP contribution in [0.2, 0.25) is 5.02 Å². The number of nitrogens with zero attached hydrogens (tertiary/aromatic N) is 3. The van der Waals surface area contributed by atoms with Gasteiger partial charge in [0.15, 0.2) is 0 Å². The lowest BCUT2D eigenvalue weighted by Crippen LogP contribution is -2.11. The summed E-state index contributed by atoms with van der Waals surface area (Å²) in [6.45, 7) is 0. The monoisotopic (exact) mass is 307 g/mol. The van der Waals surface area contributed by atoms with Crippen LogP contribution in [0.4, 0.5) is 5.69 Å². The molecule has 0 spiro atoms. The molecule has 0 amide bonds. The molecule has 1 unspecified atom stereocenters. The maximum Gasteiger partial charge on any atom is 0.0954 e. The molecular formula is C18H14ClN3. The van der Waals surface area contributed by atoms with Gasteiger partial charge in [0.05, 0.1) is 18.1 Å². The van der Waals surface area contributed by atoms with E-state index in [1.165, 1.54) is 11.1 Å². The van der Waals surface area contributed by atoms with Gasteiger partial charge in [-0.25, -0.2) is 4.98 Å². The van der Waals surface area contributed by atoms with Crippen LogP contribution in [0.3, 0.4) is 0 Å². The minimum atomic E-state index is 0.0621. The van der Waals surface area contributed by atoms with Crippen LogP contribution in [0.15, 0.2) is 66.2 Å². The van der Waals surface area contributed by atoms with E-state index in [-0.39, 0.29) is 6.04 Å². The van der Waals surface area contributed by atoms with E-state index in [9.17, 15) is 0 Å². The van der Waals surface area contributed by atoms with Gasteiger partial charge in [-0.15, -0.1) is 0 Å². The van der Waals surface area contributed by atoms with E-state index in [1.54, 1.807) is 6.20 Å². The Morgan fingerprint density at radius 2 is 2.00 bits per heavy atom. The second kappa shape index (κ2) is 5.43. The van der Waals surface area contributed by atoms with Crippen molar-refractivity contribution in [1.82, 2.24) is 9.55 Å². The molecule has 1 aliphatic heterocycles. The summed E-state index contributed by atoms with van der Waals surface area (Å²) < 4.78 is 2.10. The number of fused-ring (bicyclic) bond motifs is 1. The lowest BCUT2D eigenvalue weighted by molar-refractivity contribution is 0.676. The van der Waals surface area contributed by atoms with Crippen molar-refractivity contribution >= 4 is 23.5 Å². The van der Waals surface area contributed by atoms with Crippen LogP contribution in [0.1, 0.15) is 22.7 Å². The predicted molar refractivity (Wildman–Crippen MR) is 89.2 cm³/mol. The molecule has 1 atom stereocenters. The summed E-state index contributed by atoms with van der Waals surface area (Å²) in [6.07, 6.45) is 8.48. The molecule has 0 N–H and O–H groups in total. The van der Waals surface area contributed by atoms with Crippen LogP contribution in [0, 0.1) is 0 Å². The Morgan fingerprint density at radius 3 is 2.82 bits per heavy atom. The standard InChI is InChI=1S/C18H14ClN3/c19-16-3-1-2-14(11-16)18(22-9-8-20-12-22)15-4-5-17-13(10-15)6-7-21-17/h1-5,7-12,18H,6H2. The van der Waals surface area contributed by atoms with Crippen molar-refractivity contribution in [1.29, 1.82) is 0 Å². The molecule has 2 aromatic carbocycles. The quantitative estimate of drug-likeness (QED) is 0.704. The molecule has 2 heterocycles. The zero-order valence-electron chi connectivity index (χ0n) is 11.9. The van der Waals surface area contributed by atoms with Gasteiger partial charge in [0.25, 0.3) is 0 Å². The van der Waals surface area contributed by atoms with Crippen LogP contribution in [0.5, 0.6) is 0 Å². The summed E-state index contributed by atoms with van der Waals surface area (Å²) in [7, 11) is 0. The van der Waals surface area contributed by atoms with Crippen LogP contribution in [0.25, 0.3) is 0 Å². The first-order valence-corrected chi connectivity index (χ1v) is 7.57. The van der Waals surface area contributed by atoms with Gasteiger partial charge in [0.2, 0.25) is 0 Å². The van der Waals surface area contributed by atoms with Gasteiger partial charge in [-0.3, -0.25) is 4.99 Å². The number of imidazole rings is 1. The van der Waals surface area contributed by atoms with Crippen LogP contribution < -0.4 is 0 Å². The third-order valence-corrected chi connectivity index (χ3v) is 4.18. The first-order chi connectivity index (χ1) is 10.8. The fraction of sp³-hybridized carbons (Fsp3) is 0.111. The fourth-order valence-electron chi connectivity index (χ4n) is 2.94. The van der Waals surface area contributed by atoms with Crippen molar-refractivity contribution in [2.45, 2.75) is 12.5 Å². The number of hydrogen-bond acceptors (Lipinski definition) is 2. The number of hydrogen-bond donors (Lipinski definition) is 0.